The van der Waals surface area contributed by atoms with Gasteiger partial charge in [-0.1, -0.05) is 16.8 Å². The van der Waals surface area contributed by atoms with Gasteiger partial charge in [-0.3, -0.25) is 14.8 Å². The number of H-pyrrole nitrogens is 1. The number of rotatable bonds is 8. The van der Waals surface area contributed by atoms with E-state index in [-0.39, 0.29) is 18.6 Å². The first-order valence-electron chi connectivity index (χ1n) is 10.0. The van der Waals surface area contributed by atoms with Crippen molar-refractivity contribution in [2.24, 2.45) is 0 Å². The van der Waals surface area contributed by atoms with Crippen molar-refractivity contribution < 1.29 is 18.8 Å². The predicted molar refractivity (Wildman–Crippen MR) is 114 cm³/mol. The summed E-state index contributed by atoms with van der Waals surface area (Å²) in [5, 5.41) is 14.6. The van der Waals surface area contributed by atoms with Gasteiger partial charge in [-0.25, -0.2) is 0 Å². The van der Waals surface area contributed by atoms with Crippen molar-refractivity contribution >= 4 is 23.3 Å². The lowest BCUT2D eigenvalue weighted by molar-refractivity contribution is -0.119. The summed E-state index contributed by atoms with van der Waals surface area (Å²) >= 11 is 5.88. The molecule has 1 aliphatic rings. The maximum absolute atomic E-state index is 12.3. The van der Waals surface area contributed by atoms with Crippen molar-refractivity contribution in [2.45, 2.75) is 19.4 Å². The van der Waals surface area contributed by atoms with Gasteiger partial charge in [-0.15, -0.1) is 0 Å². The van der Waals surface area contributed by atoms with E-state index >= 15 is 0 Å². The number of aryl methyl sites for hydroxylation is 1. The van der Waals surface area contributed by atoms with Crippen molar-refractivity contribution in [2.75, 3.05) is 38.2 Å². The molecule has 0 unspecified atom stereocenters. The molecule has 0 spiro atoms. The Morgan fingerprint density at radius 1 is 1.35 bits per heavy atom. The Kier molecular flexibility index (Phi) is 6.86. The molecule has 0 saturated carbocycles. The lowest BCUT2D eigenvalue weighted by atomic mass is 10.2. The van der Waals surface area contributed by atoms with Crippen LogP contribution in [0.3, 0.4) is 0 Å². The molecule has 3 heterocycles. The van der Waals surface area contributed by atoms with Crippen LogP contribution in [-0.2, 0) is 16.0 Å². The van der Waals surface area contributed by atoms with Gasteiger partial charge in [0.15, 0.2) is 5.82 Å². The van der Waals surface area contributed by atoms with Gasteiger partial charge in [0, 0.05) is 36.3 Å². The Labute approximate surface area is 184 Å². The summed E-state index contributed by atoms with van der Waals surface area (Å²) in [5.74, 6) is 1.70. The molecule has 3 aromatic rings. The molecule has 1 amide bonds. The van der Waals surface area contributed by atoms with Crippen molar-refractivity contribution in [3.63, 3.8) is 0 Å². The van der Waals surface area contributed by atoms with E-state index in [4.69, 9.17) is 25.6 Å². The van der Waals surface area contributed by atoms with Gasteiger partial charge in [0.25, 0.3) is 0 Å². The van der Waals surface area contributed by atoms with Gasteiger partial charge in [-0.05, 0) is 37.3 Å². The van der Waals surface area contributed by atoms with Gasteiger partial charge in [0.05, 0.1) is 25.5 Å². The molecule has 2 aromatic heterocycles. The number of nitrogens with zero attached hydrogens (tertiary/aromatic N) is 3. The molecule has 0 aliphatic carbocycles. The van der Waals surface area contributed by atoms with Crippen molar-refractivity contribution in [3.05, 3.63) is 58.6 Å². The van der Waals surface area contributed by atoms with Crippen molar-refractivity contribution in [1.29, 1.82) is 0 Å². The Morgan fingerprint density at radius 2 is 2.19 bits per heavy atom. The van der Waals surface area contributed by atoms with Crippen LogP contribution in [0.15, 0.2) is 40.9 Å². The first kappa shape index (κ1) is 21.4. The Hall–Kier alpha value is -2.88. The maximum atomic E-state index is 12.3. The fourth-order valence-corrected chi connectivity index (χ4v) is 3.44. The second-order valence-electron chi connectivity index (χ2n) is 7.34. The minimum absolute atomic E-state index is 0.143. The van der Waals surface area contributed by atoms with Crippen LogP contribution in [-0.4, -0.2) is 59.0 Å². The molecule has 31 heavy (non-hydrogen) atoms. The number of hydrogen-bond acceptors (Lipinski definition) is 7. The number of hydrogen-bond donors (Lipinski definition) is 2. The number of halogens is 1. The smallest absolute Gasteiger partial charge is 0.239 e. The van der Waals surface area contributed by atoms with Crippen LogP contribution in [0, 0.1) is 6.92 Å². The van der Waals surface area contributed by atoms with Gasteiger partial charge in [-0.2, -0.15) is 5.10 Å². The fraction of sp³-hybridized carbons (Fsp3) is 0.381. The summed E-state index contributed by atoms with van der Waals surface area (Å²) in [6.07, 6.45) is 0.490. The van der Waals surface area contributed by atoms with Crippen LogP contribution in [0.2, 0.25) is 5.02 Å². The third-order valence-corrected chi connectivity index (χ3v) is 5.10. The molecule has 2 N–H and O–H groups in total. The first-order chi connectivity index (χ1) is 15.0. The van der Waals surface area contributed by atoms with E-state index in [2.05, 4.69) is 20.7 Å². The zero-order chi connectivity index (χ0) is 21.6. The van der Waals surface area contributed by atoms with Crippen LogP contribution >= 0.6 is 11.6 Å². The lowest BCUT2D eigenvalue weighted by Gasteiger charge is -2.31. The zero-order valence-corrected chi connectivity index (χ0v) is 17.9. The molecule has 9 nitrogen and oxygen atoms in total. The summed E-state index contributed by atoms with van der Waals surface area (Å²) in [4.78, 5) is 14.3. The summed E-state index contributed by atoms with van der Waals surface area (Å²) < 4.78 is 16.6. The van der Waals surface area contributed by atoms with Gasteiger partial charge >= 0.3 is 0 Å². The Bertz CT molecular complexity index is 1000. The van der Waals surface area contributed by atoms with Crippen LogP contribution in [0.1, 0.15) is 23.3 Å². The molecule has 1 aromatic carbocycles. The first-order valence-corrected chi connectivity index (χ1v) is 10.4. The number of carbonyl (C=O) groups is 1. The SMILES string of the molecule is Cc1cc(NC(=O)CN2CCO[C@H](c3cc(CCOc4ccc(Cl)cc4)[nH]n3)C2)no1. The monoisotopic (exact) mass is 445 g/mol. The highest BCUT2D eigenvalue weighted by Gasteiger charge is 2.25. The summed E-state index contributed by atoms with van der Waals surface area (Å²) in [5.41, 5.74) is 1.78. The number of aromatic nitrogens is 3. The molecule has 4 rings (SSSR count). The fourth-order valence-electron chi connectivity index (χ4n) is 3.32. The molecule has 0 bridgehead atoms. The van der Waals surface area contributed by atoms with Crippen molar-refractivity contribution in [3.8, 4) is 5.75 Å². The highest BCUT2D eigenvalue weighted by molar-refractivity contribution is 6.30. The Balaban J connectivity index is 1.25. The minimum Gasteiger partial charge on any atom is -0.493 e. The minimum atomic E-state index is -0.196. The number of ether oxygens (including phenoxy) is 2. The van der Waals surface area contributed by atoms with E-state index in [9.17, 15) is 4.79 Å². The van der Waals surface area contributed by atoms with Crippen LogP contribution < -0.4 is 10.1 Å². The molecular formula is C21H24ClN5O4. The third-order valence-electron chi connectivity index (χ3n) is 4.85. The van der Waals surface area contributed by atoms with E-state index < -0.39 is 0 Å². The average Bonchev–Trinajstić information content (AvgIpc) is 3.39. The molecule has 1 saturated heterocycles. The second kappa shape index (κ2) is 9.95. The highest BCUT2D eigenvalue weighted by atomic mass is 35.5. The number of benzene rings is 1. The average molecular weight is 446 g/mol. The van der Waals surface area contributed by atoms with E-state index in [1.165, 1.54) is 0 Å². The van der Waals surface area contributed by atoms with E-state index in [0.717, 1.165) is 17.1 Å². The third kappa shape index (κ3) is 6.06. The highest BCUT2D eigenvalue weighted by Crippen LogP contribution is 2.22. The number of morpholine rings is 1. The lowest BCUT2D eigenvalue weighted by Crippen LogP contribution is -2.42. The summed E-state index contributed by atoms with van der Waals surface area (Å²) in [6, 6.07) is 10.9. The standard InChI is InChI=1S/C21H24ClN5O4/c1-14-10-20(26-31-14)23-21(28)13-27-7-9-30-19(12-27)18-11-16(24-25-18)6-8-29-17-4-2-15(22)3-5-17/h2-5,10-11,19H,6-9,12-13H2,1H3,(H,24,25)(H,23,26,28)/t19-/m0/s1. The van der Waals surface area contributed by atoms with Crippen LogP contribution in [0.4, 0.5) is 5.82 Å². The molecule has 10 heteroatoms. The number of amides is 1. The normalized spacial score (nSPS) is 16.9. The summed E-state index contributed by atoms with van der Waals surface area (Å²) in [6.45, 7) is 4.32. The van der Waals surface area contributed by atoms with E-state index in [0.29, 0.717) is 49.3 Å². The van der Waals surface area contributed by atoms with Crippen LogP contribution in [0.5, 0.6) is 5.75 Å². The van der Waals surface area contributed by atoms with E-state index in [1.54, 1.807) is 25.1 Å². The van der Waals surface area contributed by atoms with Crippen molar-refractivity contribution in [1.82, 2.24) is 20.3 Å². The molecule has 1 atom stereocenters. The van der Waals surface area contributed by atoms with E-state index in [1.807, 2.05) is 23.1 Å². The molecule has 164 valence electrons. The Morgan fingerprint density at radius 3 is 2.97 bits per heavy atom. The number of anilines is 1. The molecule has 0 radical (unpaired) electrons. The summed E-state index contributed by atoms with van der Waals surface area (Å²) in [7, 11) is 0. The van der Waals surface area contributed by atoms with Gasteiger partial charge in [0.1, 0.15) is 17.6 Å². The quantitative estimate of drug-likeness (QED) is 0.549. The number of nitrogens with one attached hydrogen (secondary N) is 2. The topological polar surface area (TPSA) is 106 Å². The number of aromatic amines is 1. The number of carbonyl (C=O) groups excluding carboxylic acids is 1. The molecule has 1 fully saturated rings. The zero-order valence-electron chi connectivity index (χ0n) is 17.1. The molecular weight excluding hydrogens is 422 g/mol. The molecule has 1 aliphatic heterocycles. The largest absolute Gasteiger partial charge is 0.493 e. The second-order valence-corrected chi connectivity index (χ2v) is 7.77. The van der Waals surface area contributed by atoms with Crippen LogP contribution in [0.25, 0.3) is 0 Å². The van der Waals surface area contributed by atoms with Gasteiger partial charge < -0.3 is 19.3 Å². The van der Waals surface area contributed by atoms with Gasteiger partial charge in [0.2, 0.25) is 5.91 Å². The maximum Gasteiger partial charge on any atom is 0.239 e. The predicted octanol–water partition coefficient (Wildman–Crippen LogP) is 2.99.